The van der Waals surface area contributed by atoms with Crippen molar-refractivity contribution in [3.8, 4) is 0 Å². The monoisotopic (exact) mass is 461 g/mol. The van der Waals surface area contributed by atoms with E-state index in [9.17, 15) is 9.59 Å². The maximum atomic E-state index is 10.0. The van der Waals surface area contributed by atoms with Crippen LogP contribution in [0.1, 0.15) is 31.5 Å². The molecule has 4 heteroatoms. The Kier molecular flexibility index (Phi) is 10.2. The summed E-state index contributed by atoms with van der Waals surface area (Å²) in [7, 11) is 0. The quantitative estimate of drug-likeness (QED) is 0.521. The van der Waals surface area contributed by atoms with E-state index < -0.39 is 0 Å². The number of carbonyl (C=O) groups is 2. The zero-order chi connectivity index (χ0) is 14.8. The van der Waals surface area contributed by atoms with Crippen molar-refractivity contribution in [3.63, 3.8) is 0 Å². The molecule has 0 spiro atoms. The summed E-state index contributed by atoms with van der Waals surface area (Å²) in [6.07, 6.45) is 2.76. The summed E-state index contributed by atoms with van der Waals surface area (Å²) in [6.45, 7) is 2.81. The molecule has 0 aliphatic carbocycles. The number of rotatable bonds is 4. The van der Waals surface area contributed by atoms with Crippen LogP contribution in [0.15, 0.2) is 48.7 Å². The van der Waals surface area contributed by atoms with E-state index in [4.69, 9.17) is 0 Å². The van der Waals surface area contributed by atoms with Crippen LogP contribution in [-0.4, -0.2) is 16.6 Å². The molecule has 0 N–H and O–H groups in total. The van der Waals surface area contributed by atoms with Crippen molar-refractivity contribution in [2.75, 3.05) is 0 Å². The van der Waals surface area contributed by atoms with Gasteiger partial charge in [-0.1, -0.05) is 6.07 Å². The maximum absolute atomic E-state index is 10.0. The summed E-state index contributed by atoms with van der Waals surface area (Å²) in [5.74, 6) is -0.125. The molecule has 0 unspecified atom stereocenters. The van der Waals surface area contributed by atoms with Gasteiger partial charge in [-0.25, -0.2) is 0 Å². The van der Waals surface area contributed by atoms with Crippen LogP contribution >= 0.6 is 0 Å². The molecule has 0 fully saturated rings. The van der Waals surface area contributed by atoms with Crippen LogP contribution in [0.5, 0.6) is 0 Å². The van der Waals surface area contributed by atoms with E-state index in [1.54, 1.807) is 0 Å². The second kappa shape index (κ2) is 11.1. The summed E-state index contributed by atoms with van der Waals surface area (Å²) in [5, 5.41) is 0. The van der Waals surface area contributed by atoms with Gasteiger partial charge >= 0.3 is 0 Å². The molecular formula is C17H18IrNO2-. The Bertz CT molecular complexity index is 492. The molecule has 3 nitrogen and oxygen atoms in total. The average molecular weight is 461 g/mol. The molecule has 0 bridgehead atoms. The van der Waals surface area contributed by atoms with E-state index in [1.807, 2.05) is 42.6 Å². The van der Waals surface area contributed by atoms with Crippen LogP contribution < -0.4 is 0 Å². The molecule has 0 aliphatic rings. The number of carbonyl (C=O) groups excluding carboxylic acids is 2. The molecule has 0 atom stereocenters. The van der Waals surface area contributed by atoms with E-state index in [2.05, 4.69) is 17.1 Å². The summed E-state index contributed by atoms with van der Waals surface area (Å²) < 4.78 is 0. The molecule has 0 saturated carbocycles. The Hall–Kier alpha value is -1.64. The Morgan fingerprint density at radius 3 is 2.14 bits per heavy atom. The number of pyridine rings is 1. The Morgan fingerprint density at radius 1 is 1.05 bits per heavy atom. The first-order valence-electron chi connectivity index (χ1n) is 6.42. The first-order chi connectivity index (χ1) is 9.58. The summed E-state index contributed by atoms with van der Waals surface area (Å²) in [6, 6.07) is 17.1. The minimum Gasteiger partial charge on any atom is -0.300 e. The van der Waals surface area contributed by atoms with Gasteiger partial charge in [-0.3, -0.25) is 14.6 Å². The molecule has 21 heavy (non-hydrogen) atoms. The molecule has 1 aromatic carbocycles. The largest absolute Gasteiger partial charge is 0.300 e. The van der Waals surface area contributed by atoms with Crippen molar-refractivity contribution in [3.05, 3.63) is 66.0 Å². The molecule has 0 amide bonds. The van der Waals surface area contributed by atoms with Gasteiger partial charge in [0.25, 0.3) is 0 Å². The normalized spacial score (nSPS) is 8.86. The molecule has 2 rings (SSSR count). The van der Waals surface area contributed by atoms with E-state index in [0.717, 1.165) is 12.1 Å². The molecule has 113 valence electrons. The Morgan fingerprint density at radius 2 is 1.71 bits per heavy atom. The number of Topliss-reactive ketones (excluding diaryl/α,β-unsaturated/α-hetero) is 2. The van der Waals surface area contributed by atoms with Crippen LogP contribution in [0.3, 0.4) is 0 Å². The smallest absolute Gasteiger partial charge is 0.137 e. The fourth-order valence-electron chi connectivity index (χ4n) is 1.59. The minimum absolute atomic E-state index is 0. The first-order valence-corrected chi connectivity index (χ1v) is 6.42. The molecule has 0 aliphatic heterocycles. The Balaban J connectivity index is 0.000000436. The van der Waals surface area contributed by atoms with E-state index in [-0.39, 0.29) is 38.1 Å². The Labute approximate surface area is 139 Å². The summed E-state index contributed by atoms with van der Waals surface area (Å²) in [5.41, 5.74) is 2.27. The number of hydrogen-bond donors (Lipinski definition) is 0. The predicted octanol–water partition coefficient (Wildman–Crippen LogP) is 3.02. The van der Waals surface area contributed by atoms with Gasteiger partial charge in [-0.2, -0.15) is 35.9 Å². The van der Waals surface area contributed by atoms with Gasteiger partial charge in [0.15, 0.2) is 0 Å². The summed E-state index contributed by atoms with van der Waals surface area (Å²) in [4.78, 5) is 24.3. The third-order valence-electron chi connectivity index (χ3n) is 2.37. The van der Waals surface area contributed by atoms with E-state index >= 15 is 0 Å². The number of nitrogens with zero attached hydrogens (tertiary/aromatic N) is 1. The van der Waals surface area contributed by atoms with Gasteiger partial charge in [0.05, 0.1) is 6.42 Å². The topological polar surface area (TPSA) is 47.0 Å². The number of hydrogen-bond acceptors (Lipinski definition) is 3. The zero-order valence-electron chi connectivity index (χ0n) is 12.1. The van der Waals surface area contributed by atoms with Gasteiger partial charge in [0.2, 0.25) is 0 Å². The predicted molar refractivity (Wildman–Crippen MR) is 78.3 cm³/mol. The van der Waals surface area contributed by atoms with Crippen molar-refractivity contribution < 1.29 is 29.7 Å². The second-order valence-corrected chi connectivity index (χ2v) is 4.47. The fraction of sp³-hybridized carbons (Fsp3) is 0.235. The molecule has 1 radical (unpaired) electrons. The third kappa shape index (κ3) is 9.83. The van der Waals surface area contributed by atoms with Gasteiger partial charge < -0.3 is 0 Å². The summed E-state index contributed by atoms with van der Waals surface area (Å²) >= 11 is 0. The SMILES string of the molecule is CC(=O)CC(C)=O.[Ir].[c-]1ccccc1Cc1ccccn1. The number of ketones is 2. The van der Waals surface area contributed by atoms with E-state index in [0.29, 0.717) is 0 Å². The molecule has 0 saturated heterocycles. The minimum atomic E-state index is -0.0625. The van der Waals surface area contributed by atoms with Crippen LogP contribution in [0.25, 0.3) is 0 Å². The zero-order valence-corrected chi connectivity index (χ0v) is 14.5. The third-order valence-corrected chi connectivity index (χ3v) is 2.37. The maximum Gasteiger partial charge on any atom is 0.137 e. The van der Waals surface area contributed by atoms with E-state index in [1.165, 1.54) is 19.4 Å². The average Bonchev–Trinajstić information content (AvgIpc) is 2.40. The second-order valence-electron chi connectivity index (χ2n) is 4.47. The van der Waals surface area contributed by atoms with Crippen LogP contribution in [0.4, 0.5) is 0 Å². The van der Waals surface area contributed by atoms with Gasteiger partial charge in [-0.05, 0) is 32.4 Å². The number of benzene rings is 1. The molecule has 1 aromatic heterocycles. The molecular weight excluding hydrogens is 442 g/mol. The fourth-order valence-corrected chi connectivity index (χ4v) is 1.59. The standard InChI is InChI=1S/C12H10N.C5H8O2.Ir/c1-2-6-11(7-3-1)10-12-8-4-5-9-13-12;1-4(6)3-5(2)7;/h1-6,8-9H,10H2;3H2,1-2H3;/q-1;;. The molecule has 1 heterocycles. The van der Waals surface area contributed by atoms with Crippen molar-refractivity contribution in [1.29, 1.82) is 0 Å². The van der Waals surface area contributed by atoms with Crippen LogP contribution in [0.2, 0.25) is 0 Å². The van der Waals surface area contributed by atoms with Gasteiger partial charge in [0, 0.05) is 32.0 Å². The number of aromatic nitrogens is 1. The van der Waals surface area contributed by atoms with Crippen molar-refractivity contribution in [2.45, 2.75) is 26.7 Å². The van der Waals surface area contributed by atoms with Crippen LogP contribution in [-0.2, 0) is 36.1 Å². The molecule has 2 aromatic rings. The van der Waals surface area contributed by atoms with Crippen molar-refractivity contribution >= 4 is 11.6 Å². The van der Waals surface area contributed by atoms with Crippen LogP contribution in [0, 0.1) is 6.07 Å². The first kappa shape index (κ1) is 19.4. The van der Waals surface area contributed by atoms with Crippen molar-refractivity contribution in [2.24, 2.45) is 0 Å². The van der Waals surface area contributed by atoms with Gasteiger partial charge in [-0.15, -0.1) is 0 Å². The van der Waals surface area contributed by atoms with Crippen molar-refractivity contribution in [1.82, 2.24) is 4.98 Å². The van der Waals surface area contributed by atoms with Gasteiger partial charge in [0.1, 0.15) is 11.6 Å².